The number of aromatic carboxylic acids is 1. The van der Waals surface area contributed by atoms with Crippen LogP contribution in [0.4, 0.5) is 5.69 Å². The number of amides is 1. The summed E-state index contributed by atoms with van der Waals surface area (Å²) in [6.07, 6.45) is 2.09. The number of pyridine rings is 1. The van der Waals surface area contributed by atoms with Crippen LogP contribution in [0.2, 0.25) is 0 Å². The van der Waals surface area contributed by atoms with E-state index in [0.29, 0.717) is 39.5 Å². The predicted octanol–water partition coefficient (Wildman–Crippen LogP) is 3.98. The van der Waals surface area contributed by atoms with Gasteiger partial charge >= 0.3 is 5.97 Å². The van der Waals surface area contributed by atoms with Crippen LogP contribution < -0.4 is 5.32 Å². The van der Waals surface area contributed by atoms with Gasteiger partial charge in [-0.1, -0.05) is 11.2 Å². The fourth-order valence-corrected chi connectivity index (χ4v) is 3.29. The van der Waals surface area contributed by atoms with Crippen molar-refractivity contribution in [3.8, 4) is 0 Å². The molecule has 2 aromatic heterocycles. The highest BCUT2D eigenvalue weighted by Crippen LogP contribution is 2.40. The minimum absolute atomic E-state index is 0.163. The van der Waals surface area contributed by atoms with Gasteiger partial charge in [0.2, 0.25) is 0 Å². The van der Waals surface area contributed by atoms with Gasteiger partial charge in [0.15, 0.2) is 0 Å². The number of hydrogen-bond acceptors (Lipinski definition) is 5. The van der Waals surface area contributed by atoms with Crippen LogP contribution in [0.1, 0.15) is 62.0 Å². The van der Waals surface area contributed by atoms with Gasteiger partial charge in [0, 0.05) is 17.3 Å². The number of anilines is 1. The lowest BCUT2D eigenvalue weighted by atomic mass is 10.0. The van der Waals surface area contributed by atoms with Crippen LogP contribution in [0.5, 0.6) is 0 Å². The molecule has 0 saturated heterocycles. The van der Waals surface area contributed by atoms with E-state index in [4.69, 9.17) is 4.52 Å². The quantitative estimate of drug-likeness (QED) is 0.724. The number of nitrogens with one attached hydrogen (secondary N) is 1. The van der Waals surface area contributed by atoms with Gasteiger partial charge in [0.1, 0.15) is 0 Å². The van der Waals surface area contributed by atoms with E-state index in [9.17, 15) is 14.7 Å². The number of nitrogens with zero attached hydrogens (tertiary/aromatic N) is 2. The van der Waals surface area contributed by atoms with Crippen molar-refractivity contribution in [3.05, 3.63) is 51.8 Å². The molecule has 4 rings (SSSR count). The monoisotopic (exact) mass is 365 g/mol. The molecule has 1 aliphatic rings. The first-order chi connectivity index (χ1) is 12.8. The highest BCUT2D eigenvalue weighted by Gasteiger charge is 2.28. The van der Waals surface area contributed by atoms with Crippen LogP contribution in [0.15, 0.2) is 22.7 Å². The van der Waals surface area contributed by atoms with Gasteiger partial charge in [0.05, 0.1) is 22.2 Å². The average molecular weight is 365 g/mol. The number of benzene rings is 1. The lowest BCUT2D eigenvalue weighted by Crippen LogP contribution is -2.15. The molecular weight excluding hydrogens is 346 g/mol. The number of carboxylic acids is 1. The maximum absolute atomic E-state index is 13.0. The van der Waals surface area contributed by atoms with Gasteiger partial charge in [-0.05, 0) is 56.9 Å². The Balaban J connectivity index is 1.77. The Labute approximate surface area is 155 Å². The van der Waals surface area contributed by atoms with Crippen molar-refractivity contribution in [1.29, 1.82) is 0 Å². The van der Waals surface area contributed by atoms with Gasteiger partial charge in [-0.2, -0.15) is 0 Å². The van der Waals surface area contributed by atoms with Gasteiger partial charge in [-0.25, -0.2) is 9.78 Å². The zero-order valence-electron chi connectivity index (χ0n) is 15.3. The number of carboxylic acid groups (broad SMARTS) is 1. The molecule has 0 aliphatic heterocycles. The molecule has 0 unspecified atom stereocenters. The second-order valence-corrected chi connectivity index (χ2v) is 7.06. The van der Waals surface area contributed by atoms with Crippen LogP contribution in [0, 0.1) is 20.8 Å². The fraction of sp³-hybridized carbons (Fsp3) is 0.300. The summed E-state index contributed by atoms with van der Waals surface area (Å²) in [6, 6.07) is 5.04. The third-order valence-electron chi connectivity index (χ3n) is 4.93. The summed E-state index contributed by atoms with van der Waals surface area (Å²) in [7, 11) is 0. The summed E-state index contributed by atoms with van der Waals surface area (Å²) in [6.45, 7) is 5.33. The third kappa shape index (κ3) is 3.05. The second kappa shape index (κ2) is 6.19. The van der Waals surface area contributed by atoms with Crippen LogP contribution in [-0.2, 0) is 0 Å². The minimum Gasteiger partial charge on any atom is -0.478 e. The molecule has 1 fully saturated rings. The molecular formula is C20H19N3O4. The van der Waals surface area contributed by atoms with E-state index in [-0.39, 0.29) is 11.5 Å². The van der Waals surface area contributed by atoms with Crippen LogP contribution in [-0.4, -0.2) is 27.1 Å². The number of hydrogen-bond donors (Lipinski definition) is 2. The van der Waals surface area contributed by atoms with Crippen molar-refractivity contribution in [3.63, 3.8) is 0 Å². The Hall–Kier alpha value is -3.22. The van der Waals surface area contributed by atoms with Crippen molar-refractivity contribution >= 4 is 28.7 Å². The lowest BCUT2D eigenvalue weighted by Gasteiger charge is -2.12. The standard InChI is InChI=1S/C20H19N3O4/c1-9-6-10(2)15(7-13(9)20(25)26)21-18(24)14-8-16(12-4-5-12)22-19-17(14)11(3)23-27-19/h6-8,12H,4-5H2,1-3H3,(H,21,24)(H,25,26). The number of fused-ring (bicyclic) bond motifs is 1. The third-order valence-corrected chi connectivity index (χ3v) is 4.93. The van der Waals surface area contributed by atoms with Gasteiger partial charge in [0.25, 0.3) is 11.6 Å². The van der Waals surface area contributed by atoms with E-state index < -0.39 is 5.97 Å². The van der Waals surface area contributed by atoms with Crippen LogP contribution in [0.3, 0.4) is 0 Å². The first kappa shape index (κ1) is 17.2. The molecule has 7 nitrogen and oxygen atoms in total. The van der Waals surface area contributed by atoms with Crippen molar-refractivity contribution in [2.24, 2.45) is 0 Å². The molecule has 0 radical (unpaired) electrons. The molecule has 2 heterocycles. The second-order valence-electron chi connectivity index (χ2n) is 7.06. The van der Waals surface area contributed by atoms with Crippen LogP contribution in [0.25, 0.3) is 11.1 Å². The normalized spacial score (nSPS) is 13.7. The van der Waals surface area contributed by atoms with Crippen LogP contribution >= 0.6 is 0 Å². The van der Waals surface area contributed by atoms with E-state index in [1.165, 1.54) is 6.07 Å². The summed E-state index contributed by atoms with van der Waals surface area (Å²) in [4.78, 5) is 28.9. The molecule has 0 spiro atoms. The summed E-state index contributed by atoms with van der Waals surface area (Å²) in [5.74, 6) is -1.01. The largest absolute Gasteiger partial charge is 0.478 e. The van der Waals surface area contributed by atoms with Gasteiger partial charge < -0.3 is 14.9 Å². The number of carbonyl (C=O) groups excluding carboxylic acids is 1. The highest BCUT2D eigenvalue weighted by atomic mass is 16.5. The Kier molecular flexibility index (Phi) is 3.95. The highest BCUT2D eigenvalue weighted by molar-refractivity contribution is 6.13. The van der Waals surface area contributed by atoms with E-state index in [2.05, 4.69) is 15.5 Å². The maximum Gasteiger partial charge on any atom is 0.336 e. The zero-order chi connectivity index (χ0) is 19.3. The molecule has 138 valence electrons. The Morgan fingerprint density at radius 2 is 1.85 bits per heavy atom. The Morgan fingerprint density at radius 3 is 2.52 bits per heavy atom. The lowest BCUT2D eigenvalue weighted by molar-refractivity contribution is 0.0695. The van der Waals surface area contributed by atoms with Crippen molar-refractivity contribution in [1.82, 2.24) is 10.1 Å². The molecule has 0 atom stereocenters. The first-order valence-electron chi connectivity index (χ1n) is 8.78. The molecule has 7 heteroatoms. The molecule has 0 bridgehead atoms. The van der Waals surface area contributed by atoms with E-state index >= 15 is 0 Å². The molecule has 2 N–H and O–H groups in total. The van der Waals surface area contributed by atoms with E-state index in [1.54, 1.807) is 26.0 Å². The summed E-state index contributed by atoms with van der Waals surface area (Å²) in [5.41, 5.74) is 4.29. The molecule has 1 saturated carbocycles. The number of carbonyl (C=O) groups is 2. The summed E-state index contributed by atoms with van der Waals surface area (Å²) >= 11 is 0. The first-order valence-corrected chi connectivity index (χ1v) is 8.78. The van der Waals surface area contributed by atoms with Gasteiger partial charge in [-0.3, -0.25) is 4.79 Å². The SMILES string of the molecule is Cc1cc(C)c(C(=O)O)cc1NC(=O)c1cc(C2CC2)nc2onc(C)c12. The predicted molar refractivity (Wildman–Crippen MR) is 99.3 cm³/mol. The van der Waals surface area contributed by atoms with Crippen molar-refractivity contribution in [2.45, 2.75) is 39.5 Å². The smallest absolute Gasteiger partial charge is 0.336 e. The fourth-order valence-electron chi connectivity index (χ4n) is 3.29. The average Bonchev–Trinajstić information content (AvgIpc) is 3.40. The number of rotatable bonds is 4. The maximum atomic E-state index is 13.0. The molecule has 1 amide bonds. The molecule has 3 aromatic rings. The topological polar surface area (TPSA) is 105 Å². The minimum atomic E-state index is -1.03. The Morgan fingerprint density at radius 1 is 1.11 bits per heavy atom. The zero-order valence-corrected chi connectivity index (χ0v) is 15.3. The number of aromatic nitrogens is 2. The molecule has 1 aromatic carbocycles. The van der Waals surface area contributed by atoms with Crippen molar-refractivity contribution < 1.29 is 19.2 Å². The Bertz CT molecular complexity index is 1100. The number of aryl methyl sites for hydroxylation is 3. The van der Waals surface area contributed by atoms with E-state index in [1.807, 2.05) is 6.92 Å². The summed E-state index contributed by atoms with van der Waals surface area (Å²) < 4.78 is 5.28. The van der Waals surface area contributed by atoms with Crippen molar-refractivity contribution in [2.75, 3.05) is 5.32 Å². The molecule has 1 aliphatic carbocycles. The van der Waals surface area contributed by atoms with Gasteiger partial charge in [-0.15, -0.1) is 0 Å². The molecule has 27 heavy (non-hydrogen) atoms. The summed E-state index contributed by atoms with van der Waals surface area (Å²) in [5, 5.41) is 16.7. The van der Waals surface area contributed by atoms with E-state index in [0.717, 1.165) is 24.1 Å².